The van der Waals surface area contributed by atoms with E-state index in [1.807, 2.05) is 24.8 Å². The van der Waals surface area contributed by atoms with E-state index in [1.165, 1.54) is 0 Å². The van der Waals surface area contributed by atoms with E-state index in [0.29, 0.717) is 5.92 Å². The Hall–Kier alpha value is -1.68. The molecule has 2 heterocycles. The van der Waals surface area contributed by atoms with Crippen LogP contribution in [-0.4, -0.2) is 14.5 Å². The van der Waals surface area contributed by atoms with Crippen LogP contribution in [-0.2, 0) is 6.54 Å². The molecule has 0 spiro atoms. The van der Waals surface area contributed by atoms with Crippen molar-refractivity contribution in [2.75, 3.05) is 0 Å². The molecule has 0 bridgehead atoms. The van der Waals surface area contributed by atoms with Gasteiger partial charge in [0, 0.05) is 24.6 Å². The van der Waals surface area contributed by atoms with Crippen LogP contribution in [0.5, 0.6) is 0 Å². The summed E-state index contributed by atoms with van der Waals surface area (Å²) in [6.45, 7) is 5.00. The first-order chi connectivity index (χ1) is 8.18. The van der Waals surface area contributed by atoms with E-state index < -0.39 is 0 Å². The van der Waals surface area contributed by atoms with Crippen LogP contribution < -0.4 is 5.73 Å². The second-order valence-electron chi connectivity index (χ2n) is 4.58. The Labute approximate surface area is 102 Å². The van der Waals surface area contributed by atoms with Gasteiger partial charge in [0.1, 0.15) is 0 Å². The van der Waals surface area contributed by atoms with Gasteiger partial charge in [-0.3, -0.25) is 4.98 Å². The fourth-order valence-corrected chi connectivity index (χ4v) is 1.77. The number of imidazole rings is 1. The van der Waals surface area contributed by atoms with Crippen molar-refractivity contribution in [3.63, 3.8) is 0 Å². The zero-order valence-corrected chi connectivity index (χ0v) is 10.2. The summed E-state index contributed by atoms with van der Waals surface area (Å²) in [6.07, 6.45) is 7.31. The first-order valence-corrected chi connectivity index (χ1v) is 5.83. The maximum Gasteiger partial charge on any atom is 0.0951 e. The number of aromatic nitrogens is 3. The molecule has 90 valence electrons. The largest absolute Gasteiger partial charge is 0.329 e. The minimum absolute atomic E-state index is 0.0224. The average molecular weight is 230 g/mol. The predicted molar refractivity (Wildman–Crippen MR) is 67.3 cm³/mol. The molecule has 0 aliphatic heterocycles. The zero-order chi connectivity index (χ0) is 12.3. The van der Waals surface area contributed by atoms with Gasteiger partial charge in [0.05, 0.1) is 18.6 Å². The van der Waals surface area contributed by atoms with Crippen molar-refractivity contribution in [2.24, 2.45) is 11.7 Å². The standard InChI is InChI=1S/C13H18N4/c1-10(2)13(14)12-7-16-9-17(12)8-11-4-3-5-15-6-11/h3-7,9-10,13H,8,14H2,1-2H3. The van der Waals surface area contributed by atoms with E-state index in [1.54, 1.807) is 6.20 Å². The Morgan fingerprint density at radius 2 is 2.12 bits per heavy atom. The summed E-state index contributed by atoms with van der Waals surface area (Å²) in [5.74, 6) is 0.402. The molecule has 1 atom stereocenters. The van der Waals surface area contributed by atoms with Crippen LogP contribution >= 0.6 is 0 Å². The summed E-state index contributed by atoms with van der Waals surface area (Å²) in [5.41, 5.74) is 8.39. The van der Waals surface area contributed by atoms with E-state index >= 15 is 0 Å². The monoisotopic (exact) mass is 230 g/mol. The van der Waals surface area contributed by atoms with Gasteiger partial charge < -0.3 is 10.3 Å². The van der Waals surface area contributed by atoms with Gasteiger partial charge in [0.25, 0.3) is 0 Å². The molecule has 4 heteroatoms. The van der Waals surface area contributed by atoms with Crippen molar-refractivity contribution in [3.05, 3.63) is 48.3 Å². The lowest BCUT2D eigenvalue weighted by molar-refractivity contribution is 0.484. The van der Waals surface area contributed by atoms with Crippen molar-refractivity contribution in [1.29, 1.82) is 0 Å². The summed E-state index contributed by atoms with van der Waals surface area (Å²) < 4.78 is 2.08. The first-order valence-electron chi connectivity index (χ1n) is 5.83. The highest BCUT2D eigenvalue weighted by Crippen LogP contribution is 2.19. The molecule has 2 N–H and O–H groups in total. The third-order valence-electron chi connectivity index (χ3n) is 2.88. The molecule has 0 saturated heterocycles. The van der Waals surface area contributed by atoms with Crippen LogP contribution in [0.25, 0.3) is 0 Å². The molecule has 0 amide bonds. The van der Waals surface area contributed by atoms with E-state index in [2.05, 4.69) is 34.4 Å². The minimum atomic E-state index is 0.0224. The SMILES string of the molecule is CC(C)C(N)c1cncn1Cc1cccnc1. The number of pyridine rings is 1. The van der Waals surface area contributed by atoms with Crippen LogP contribution in [0.2, 0.25) is 0 Å². The Kier molecular flexibility index (Phi) is 3.54. The predicted octanol–water partition coefficient (Wildman–Crippen LogP) is 1.98. The van der Waals surface area contributed by atoms with Crippen LogP contribution in [0.1, 0.15) is 31.1 Å². The van der Waals surface area contributed by atoms with Crippen molar-refractivity contribution in [3.8, 4) is 0 Å². The molecule has 0 aromatic carbocycles. The van der Waals surface area contributed by atoms with Crippen LogP contribution in [0, 0.1) is 5.92 Å². The van der Waals surface area contributed by atoms with Crippen molar-refractivity contribution in [1.82, 2.24) is 14.5 Å². The molecule has 0 aliphatic carbocycles. The Morgan fingerprint density at radius 1 is 1.29 bits per heavy atom. The summed E-state index contributed by atoms with van der Waals surface area (Å²) in [5, 5.41) is 0. The molecular formula is C13H18N4. The van der Waals surface area contributed by atoms with Gasteiger partial charge in [-0.1, -0.05) is 19.9 Å². The molecular weight excluding hydrogens is 212 g/mol. The third-order valence-corrected chi connectivity index (χ3v) is 2.88. The molecule has 0 fully saturated rings. The molecule has 0 aliphatic rings. The number of hydrogen-bond acceptors (Lipinski definition) is 3. The minimum Gasteiger partial charge on any atom is -0.329 e. The number of nitrogens with zero attached hydrogens (tertiary/aromatic N) is 3. The lowest BCUT2D eigenvalue weighted by Gasteiger charge is -2.17. The Bertz CT molecular complexity index is 461. The number of rotatable bonds is 4. The van der Waals surface area contributed by atoms with Crippen molar-refractivity contribution in [2.45, 2.75) is 26.4 Å². The number of hydrogen-bond donors (Lipinski definition) is 1. The lowest BCUT2D eigenvalue weighted by Crippen LogP contribution is -2.20. The first kappa shape index (κ1) is 11.8. The van der Waals surface area contributed by atoms with Crippen LogP contribution in [0.3, 0.4) is 0 Å². The molecule has 0 radical (unpaired) electrons. The van der Waals surface area contributed by atoms with Gasteiger partial charge >= 0.3 is 0 Å². The summed E-state index contributed by atoms with van der Waals surface area (Å²) >= 11 is 0. The van der Waals surface area contributed by atoms with Gasteiger partial charge in [-0.15, -0.1) is 0 Å². The van der Waals surface area contributed by atoms with Crippen LogP contribution in [0.4, 0.5) is 0 Å². The van der Waals surface area contributed by atoms with Gasteiger partial charge in [-0.05, 0) is 17.5 Å². The molecule has 4 nitrogen and oxygen atoms in total. The molecule has 2 aromatic rings. The molecule has 17 heavy (non-hydrogen) atoms. The Balaban J connectivity index is 2.20. The van der Waals surface area contributed by atoms with Gasteiger partial charge in [0.2, 0.25) is 0 Å². The quantitative estimate of drug-likeness (QED) is 0.873. The van der Waals surface area contributed by atoms with Gasteiger partial charge in [-0.25, -0.2) is 4.98 Å². The fourth-order valence-electron chi connectivity index (χ4n) is 1.77. The molecule has 0 saturated carbocycles. The summed E-state index contributed by atoms with van der Waals surface area (Å²) in [4.78, 5) is 8.29. The highest BCUT2D eigenvalue weighted by Gasteiger charge is 2.15. The van der Waals surface area contributed by atoms with Gasteiger partial charge in [0.15, 0.2) is 0 Å². The van der Waals surface area contributed by atoms with Crippen molar-refractivity contribution >= 4 is 0 Å². The van der Waals surface area contributed by atoms with E-state index in [4.69, 9.17) is 5.73 Å². The van der Waals surface area contributed by atoms with Crippen LogP contribution in [0.15, 0.2) is 37.1 Å². The van der Waals surface area contributed by atoms with Gasteiger partial charge in [-0.2, -0.15) is 0 Å². The van der Waals surface area contributed by atoms with E-state index in [0.717, 1.165) is 17.8 Å². The Morgan fingerprint density at radius 3 is 2.76 bits per heavy atom. The van der Waals surface area contributed by atoms with E-state index in [-0.39, 0.29) is 6.04 Å². The third kappa shape index (κ3) is 2.71. The highest BCUT2D eigenvalue weighted by molar-refractivity contribution is 5.13. The summed E-state index contributed by atoms with van der Waals surface area (Å²) in [7, 11) is 0. The zero-order valence-electron chi connectivity index (χ0n) is 10.2. The second kappa shape index (κ2) is 5.10. The molecule has 2 rings (SSSR count). The summed E-state index contributed by atoms with van der Waals surface area (Å²) in [6, 6.07) is 4.01. The lowest BCUT2D eigenvalue weighted by atomic mass is 10.0. The maximum atomic E-state index is 6.16. The average Bonchev–Trinajstić information content (AvgIpc) is 2.77. The topological polar surface area (TPSA) is 56.7 Å². The highest BCUT2D eigenvalue weighted by atomic mass is 15.1. The normalized spacial score (nSPS) is 12.9. The molecule has 1 unspecified atom stereocenters. The smallest absolute Gasteiger partial charge is 0.0951 e. The second-order valence-corrected chi connectivity index (χ2v) is 4.58. The van der Waals surface area contributed by atoms with Crippen molar-refractivity contribution < 1.29 is 0 Å². The maximum absolute atomic E-state index is 6.16. The molecule has 2 aromatic heterocycles. The van der Waals surface area contributed by atoms with E-state index in [9.17, 15) is 0 Å². The number of nitrogens with two attached hydrogens (primary N) is 1. The fraction of sp³-hybridized carbons (Fsp3) is 0.385.